The number of nitrogens with one attached hydrogen (secondary N) is 1. The van der Waals surface area contributed by atoms with Gasteiger partial charge in [-0.1, -0.05) is 36.4 Å². The first-order valence-corrected chi connectivity index (χ1v) is 7.19. The zero-order chi connectivity index (χ0) is 15.6. The number of ether oxygens (including phenoxy) is 2. The van der Waals surface area contributed by atoms with E-state index in [1.165, 1.54) is 0 Å². The van der Waals surface area contributed by atoms with Gasteiger partial charge in [0.05, 0.1) is 0 Å². The summed E-state index contributed by atoms with van der Waals surface area (Å²) in [5.74, 6) is 1.91. The quantitative estimate of drug-likeness (QED) is 0.802. The van der Waals surface area contributed by atoms with Crippen LogP contribution in [0, 0.1) is 0 Å². The summed E-state index contributed by atoms with van der Waals surface area (Å²) in [6.07, 6.45) is 0.397. The van der Waals surface area contributed by atoms with Crippen LogP contribution in [0.5, 0.6) is 11.5 Å². The van der Waals surface area contributed by atoms with Crippen LogP contribution >= 0.6 is 0 Å². The SMILES string of the molecule is O=c1[nH]nc(-c2ccccc2)nc1Cc1ccc2c(c1)OCO2. The highest BCUT2D eigenvalue weighted by atomic mass is 16.7. The van der Waals surface area contributed by atoms with Crippen LogP contribution < -0.4 is 15.0 Å². The Morgan fingerprint density at radius 1 is 1.04 bits per heavy atom. The smallest absolute Gasteiger partial charge is 0.286 e. The van der Waals surface area contributed by atoms with E-state index in [0.717, 1.165) is 16.9 Å². The van der Waals surface area contributed by atoms with Crippen molar-refractivity contribution in [1.29, 1.82) is 0 Å². The lowest BCUT2D eigenvalue weighted by Gasteiger charge is -2.04. The van der Waals surface area contributed by atoms with Crippen molar-refractivity contribution in [3.8, 4) is 22.9 Å². The molecule has 0 saturated heterocycles. The van der Waals surface area contributed by atoms with Gasteiger partial charge in [0.1, 0.15) is 5.69 Å². The summed E-state index contributed by atoms with van der Waals surface area (Å²) in [5.41, 5.74) is 1.91. The Morgan fingerprint density at radius 3 is 2.74 bits per heavy atom. The number of hydrogen-bond donors (Lipinski definition) is 1. The Hall–Kier alpha value is -3.15. The Balaban J connectivity index is 1.67. The molecule has 0 spiro atoms. The van der Waals surface area contributed by atoms with Crippen molar-refractivity contribution in [2.45, 2.75) is 6.42 Å². The molecule has 1 aliphatic rings. The molecular weight excluding hydrogens is 294 g/mol. The molecular formula is C17H13N3O3. The van der Waals surface area contributed by atoms with E-state index in [1.807, 2.05) is 48.5 Å². The fourth-order valence-corrected chi connectivity index (χ4v) is 2.45. The first-order chi connectivity index (χ1) is 11.3. The normalized spacial score (nSPS) is 12.3. The molecule has 0 bridgehead atoms. The van der Waals surface area contributed by atoms with Crippen LogP contribution in [0.25, 0.3) is 11.4 Å². The van der Waals surface area contributed by atoms with E-state index < -0.39 is 0 Å². The highest BCUT2D eigenvalue weighted by Crippen LogP contribution is 2.32. The van der Waals surface area contributed by atoms with Crippen LogP contribution in [0.15, 0.2) is 53.3 Å². The Morgan fingerprint density at radius 2 is 1.87 bits per heavy atom. The lowest BCUT2D eigenvalue weighted by atomic mass is 10.1. The molecule has 4 rings (SSSR count). The second-order valence-corrected chi connectivity index (χ2v) is 5.17. The maximum absolute atomic E-state index is 12.0. The van der Waals surface area contributed by atoms with E-state index in [4.69, 9.17) is 9.47 Å². The number of aromatic amines is 1. The van der Waals surface area contributed by atoms with Gasteiger partial charge in [0.25, 0.3) is 5.56 Å². The monoisotopic (exact) mass is 307 g/mol. The van der Waals surface area contributed by atoms with Crippen LogP contribution in [0.3, 0.4) is 0 Å². The zero-order valence-electron chi connectivity index (χ0n) is 12.2. The predicted molar refractivity (Wildman–Crippen MR) is 83.5 cm³/mol. The number of fused-ring (bicyclic) bond motifs is 1. The Kier molecular flexibility index (Phi) is 3.27. The van der Waals surface area contributed by atoms with E-state index >= 15 is 0 Å². The lowest BCUT2D eigenvalue weighted by Crippen LogP contribution is -2.18. The van der Waals surface area contributed by atoms with Gasteiger partial charge in [-0.3, -0.25) is 4.79 Å². The van der Waals surface area contributed by atoms with Crippen molar-refractivity contribution in [3.05, 3.63) is 70.1 Å². The zero-order valence-corrected chi connectivity index (χ0v) is 12.2. The summed E-state index contributed by atoms with van der Waals surface area (Å²) < 4.78 is 10.6. The van der Waals surface area contributed by atoms with Crippen molar-refractivity contribution >= 4 is 0 Å². The summed E-state index contributed by atoms with van der Waals surface area (Å²) in [6, 6.07) is 15.1. The van der Waals surface area contributed by atoms with Crippen LogP contribution in [0.4, 0.5) is 0 Å². The van der Waals surface area contributed by atoms with Crippen molar-refractivity contribution < 1.29 is 9.47 Å². The molecule has 1 aliphatic heterocycles. The fourth-order valence-electron chi connectivity index (χ4n) is 2.45. The molecule has 114 valence electrons. The number of hydrogen-bond acceptors (Lipinski definition) is 5. The van der Waals surface area contributed by atoms with E-state index in [1.54, 1.807) is 0 Å². The average molecular weight is 307 g/mol. The van der Waals surface area contributed by atoms with E-state index in [0.29, 0.717) is 23.7 Å². The molecule has 0 amide bonds. The van der Waals surface area contributed by atoms with Gasteiger partial charge in [-0.15, -0.1) is 0 Å². The molecule has 0 saturated carbocycles. The van der Waals surface area contributed by atoms with Gasteiger partial charge in [-0.25, -0.2) is 10.1 Å². The van der Waals surface area contributed by atoms with Crippen molar-refractivity contribution in [3.63, 3.8) is 0 Å². The second kappa shape index (κ2) is 5.57. The molecule has 1 aromatic heterocycles. The van der Waals surface area contributed by atoms with Gasteiger partial charge in [-0.2, -0.15) is 5.10 Å². The summed E-state index contributed by atoms with van der Waals surface area (Å²) in [7, 11) is 0. The molecule has 23 heavy (non-hydrogen) atoms. The first kappa shape index (κ1) is 13.5. The number of H-pyrrole nitrogens is 1. The number of aromatic nitrogens is 3. The molecule has 2 aromatic carbocycles. The second-order valence-electron chi connectivity index (χ2n) is 5.17. The highest BCUT2D eigenvalue weighted by Gasteiger charge is 2.15. The summed E-state index contributed by atoms with van der Waals surface area (Å²) in [4.78, 5) is 16.4. The molecule has 0 radical (unpaired) electrons. The van der Waals surface area contributed by atoms with Gasteiger partial charge in [0.2, 0.25) is 6.79 Å². The third-order valence-corrected chi connectivity index (χ3v) is 3.61. The molecule has 0 unspecified atom stereocenters. The molecule has 2 heterocycles. The lowest BCUT2D eigenvalue weighted by molar-refractivity contribution is 0.174. The predicted octanol–water partition coefficient (Wildman–Crippen LogP) is 2.15. The molecule has 3 aromatic rings. The third-order valence-electron chi connectivity index (χ3n) is 3.61. The van der Waals surface area contributed by atoms with Crippen molar-refractivity contribution in [2.75, 3.05) is 6.79 Å². The van der Waals surface area contributed by atoms with Gasteiger partial charge in [-0.05, 0) is 17.7 Å². The van der Waals surface area contributed by atoms with E-state index in [-0.39, 0.29) is 12.4 Å². The standard InChI is InChI=1S/C17H13N3O3/c21-17-13(8-11-6-7-14-15(9-11)23-10-22-14)18-16(19-20-17)12-4-2-1-3-5-12/h1-7,9H,8,10H2,(H,20,21). The summed E-state index contributed by atoms with van der Waals surface area (Å²) in [5, 5.41) is 6.53. The minimum Gasteiger partial charge on any atom is -0.454 e. The van der Waals surface area contributed by atoms with Crippen molar-refractivity contribution in [1.82, 2.24) is 15.2 Å². The van der Waals surface area contributed by atoms with Gasteiger partial charge < -0.3 is 9.47 Å². The Bertz CT molecular complexity index is 906. The number of nitrogens with zero attached hydrogens (tertiary/aromatic N) is 2. The van der Waals surface area contributed by atoms with Crippen LogP contribution in [-0.2, 0) is 6.42 Å². The third kappa shape index (κ3) is 2.66. The minimum atomic E-state index is -0.289. The molecule has 0 aliphatic carbocycles. The minimum absolute atomic E-state index is 0.227. The molecule has 0 atom stereocenters. The summed E-state index contributed by atoms with van der Waals surface area (Å²) >= 11 is 0. The molecule has 0 fully saturated rings. The topological polar surface area (TPSA) is 77.1 Å². The van der Waals surface area contributed by atoms with Gasteiger partial charge in [0.15, 0.2) is 17.3 Å². The first-order valence-electron chi connectivity index (χ1n) is 7.19. The number of rotatable bonds is 3. The summed E-state index contributed by atoms with van der Waals surface area (Å²) in [6.45, 7) is 0.227. The Labute approximate surface area is 131 Å². The molecule has 1 N–H and O–H groups in total. The van der Waals surface area contributed by atoms with E-state index in [9.17, 15) is 4.79 Å². The van der Waals surface area contributed by atoms with Gasteiger partial charge >= 0.3 is 0 Å². The number of benzene rings is 2. The highest BCUT2D eigenvalue weighted by molar-refractivity contribution is 5.54. The molecule has 6 heteroatoms. The fraction of sp³-hybridized carbons (Fsp3) is 0.118. The molecule has 6 nitrogen and oxygen atoms in total. The largest absolute Gasteiger partial charge is 0.454 e. The van der Waals surface area contributed by atoms with Crippen LogP contribution in [0.1, 0.15) is 11.3 Å². The van der Waals surface area contributed by atoms with Crippen molar-refractivity contribution in [2.24, 2.45) is 0 Å². The maximum Gasteiger partial charge on any atom is 0.286 e. The van der Waals surface area contributed by atoms with Crippen LogP contribution in [-0.4, -0.2) is 22.0 Å². The average Bonchev–Trinajstić information content (AvgIpc) is 3.05. The van der Waals surface area contributed by atoms with Gasteiger partial charge in [0, 0.05) is 12.0 Å². The maximum atomic E-state index is 12.0. The van der Waals surface area contributed by atoms with Crippen LogP contribution in [0.2, 0.25) is 0 Å². The van der Waals surface area contributed by atoms with E-state index in [2.05, 4.69) is 15.2 Å².